The van der Waals surface area contributed by atoms with Gasteiger partial charge in [-0.1, -0.05) is 54.6 Å². The van der Waals surface area contributed by atoms with Crippen LogP contribution in [0.15, 0.2) is 77.6 Å². The number of hydrogen-bond donors (Lipinski definition) is 2. The van der Waals surface area contributed by atoms with Crippen molar-refractivity contribution in [1.82, 2.24) is 14.8 Å². The van der Waals surface area contributed by atoms with Gasteiger partial charge in [0, 0.05) is 25.4 Å². The molecule has 7 nitrogen and oxygen atoms in total. The number of pyridine rings is 1. The zero-order chi connectivity index (χ0) is 33.5. The topological polar surface area (TPSA) is 91.6 Å². The van der Waals surface area contributed by atoms with E-state index in [0.717, 1.165) is 6.07 Å². The number of halogens is 4. The van der Waals surface area contributed by atoms with Gasteiger partial charge in [-0.05, 0) is 72.2 Å². The Bertz CT molecular complexity index is 2050. The molecule has 2 N–H and O–H groups in total. The Balaban J connectivity index is 1.67. The summed E-state index contributed by atoms with van der Waals surface area (Å²) in [5, 5.41) is 12.9. The molecule has 238 valence electrons. The van der Waals surface area contributed by atoms with Crippen LogP contribution in [-0.4, -0.2) is 46.6 Å². The second-order valence-corrected chi connectivity index (χ2v) is 11.5. The third-order valence-corrected chi connectivity index (χ3v) is 8.00. The summed E-state index contributed by atoms with van der Waals surface area (Å²) in [7, 11) is 5.03. The summed E-state index contributed by atoms with van der Waals surface area (Å²) < 4.78 is 60.4. The van der Waals surface area contributed by atoms with E-state index in [-0.39, 0.29) is 28.5 Å². The van der Waals surface area contributed by atoms with Gasteiger partial charge in [-0.25, -0.2) is 9.18 Å². The standard InChI is InChI=1S/C35H31F4N3O4/c1-19-8-5-13-26(36)29(19)32(43)40-27(34(45)46)17-21-9-6-11-23-22(21)10-7-12-24(23)30-31(35(37,38)39)25-16-20(18-41(2)3)14-15-28(25)42(4)33(30)44/h5-16,27H,17-18H2,1-4H3,(H,40,43)(H,45,46)/t27-/m0/s1. The Morgan fingerprint density at radius 3 is 2.28 bits per heavy atom. The van der Waals surface area contributed by atoms with E-state index in [9.17, 15) is 37.1 Å². The first kappa shape index (κ1) is 32.4. The number of benzene rings is 4. The van der Waals surface area contributed by atoms with E-state index >= 15 is 0 Å². The number of aryl methyl sites for hydroxylation is 2. The average Bonchev–Trinajstić information content (AvgIpc) is 2.97. The first-order chi connectivity index (χ1) is 21.7. The van der Waals surface area contributed by atoms with Crippen LogP contribution in [0.3, 0.4) is 0 Å². The normalized spacial score (nSPS) is 12.5. The predicted octanol–water partition coefficient (Wildman–Crippen LogP) is 6.31. The SMILES string of the molecule is Cc1cccc(F)c1C(=O)N[C@@H](Cc1cccc2c(-c3c(C(F)(F)F)c4cc(CN(C)C)ccc4n(C)c3=O)cccc12)C(=O)O. The van der Waals surface area contributed by atoms with Gasteiger partial charge in [0.15, 0.2) is 0 Å². The highest BCUT2D eigenvalue weighted by atomic mass is 19.4. The van der Waals surface area contributed by atoms with Crippen LogP contribution in [0.5, 0.6) is 0 Å². The zero-order valence-electron chi connectivity index (χ0n) is 25.5. The van der Waals surface area contributed by atoms with Gasteiger partial charge < -0.3 is 19.9 Å². The summed E-state index contributed by atoms with van der Waals surface area (Å²) in [6, 6.07) is 16.5. The Labute approximate surface area is 261 Å². The molecule has 1 heterocycles. The largest absolute Gasteiger partial charge is 0.480 e. The molecule has 0 bridgehead atoms. The maximum atomic E-state index is 14.9. The minimum absolute atomic E-state index is 0.0325. The fourth-order valence-electron chi connectivity index (χ4n) is 5.94. The number of aromatic nitrogens is 1. The molecular formula is C35H31F4N3O4. The lowest BCUT2D eigenvalue weighted by Crippen LogP contribution is -2.42. The van der Waals surface area contributed by atoms with Crippen LogP contribution in [0, 0.1) is 12.7 Å². The molecule has 46 heavy (non-hydrogen) atoms. The summed E-state index contributed by atoms with van der Waals surface area (Å²) in [5.41, 5.74) is -1.17. The van der Waals surface area contributed by atoms with E-state index in [0.29, 0.717) is 34.0 Å². The van der Waals surface area contributed by atoms with Crippen molar-refractivity contribution in [3.63, 3.8) is 0 Å². The number of carbonyl (C=O) groups excluding carboxylic acids is 1. The molecule has 0 radical (unpaired) electrons. The maximum absolute atomic E-state index is 14.9. The Kier molecular flexibility index (Phi) is 8.72. The predicted molar refractivity (Wildman–Crippen MR) is 168 cm³/mol. The van der Waals surface area contributed by atoms with E-state index in [2.05, 4.69) is 5.32 Å². The number of nitrogens with one attached hydrogen (secondary N) is 1. The molecule has 0 unspecified atom stereocenters. The third kappa shape index (κ3) is 6.10. The molecule has 0 aliphatic rings. The number of aliphatic carboxylic acids is 1. The van der Waals surface area contributed by atoms with E-state index in [4.69, 9.17) is 0 Å². The van der Waals surface area contributed by atoms with Crippen molar-refractivity contribution in [1.29, 1.82) is 0 Å². The quantitative estimate of drug-likeness (QED) is 0.196. The molecule has 4 aromatic carbocycles. The first-order valence-corrected chi connectivity index (χ1v) is 14.4. The number of hydrogen-bond acceptors (Lipinski definition) is 4. The molecule has 1 atom stereocenters. The highest BCUT2D eigenvalue weighted by Crippen LogP contribution is 2.42. The van der Waals surface area contributed by atoms with E-state index in [1.165, 1.54) is 54.9 Å². The van der Waals surface area contributed by atoms with Crippen molar-refractivity contribution >= 4 is 33.6 Å². The lowest BCUT2D eigenvalue weighted by molar-refractivity contribution is -0.139. The van der Waals surface area contributed by atoms with Gasteiger partial charge in [0.05, 0.1) is 22.2 Å². The molecule has 0 aliphatic carbocycles. The second-order valence-electron chi connectivity index (χ2n) is 11.5. The van der Waals surface area contributed by atoms with Gasteiger partial charge in [-0.3, -0.25) is 9.59 Å². The molecular weight excluding hydrogens is 602 g/mol. The number of carboxylic acids is 1. The number of amides is 1. The minimum Gasteiger partial charge on any atom is -0.480 e. The van der Waals surface area contributed by atoms with E-state index in [1.54, 1.807) is 44.4 Å². The average molecular weight is 634 g/mol. The van der Waals surface area contributed by atoms with Gasteiger partial charge in [-0.15, -0.1) is 0 Å². The smallest absolute Gasteiger partial charge is 0.417 e. The van der Waals surface area contributed by atoms with E-state index in [1.807, 2.05) is 4.90 Å². The van der Waals surface area contributed by atoms with Crippen LogP contribution in [0.1, 0.15) is 32.6 Å². The van der Waals surface area contributed by atoms with Crippen molar-refractivity contribution in [2.45, 2.75) is 32.1 Å². The van der Waals surface area contributed by atoms with Crippen LogP contribution >= 0.6 is 0 Å². The molecule has 1 amide bonds. The van der Waals surface area contributed by atoms with Gasteiger partial charge in [0.25, 0.3) is 11.5 Å². The molecule has 0 saturated heterocycles. The number of carbonyl (C=O) groups is 2. The summed E-state index contributed by atoms with van der Waals surface area (Å²) in [5.74, 6) is -3.10. The number of nitrogens with zero attached hydrogens (tertiary/aromatic N) is 2. The van der Waals surface area contributed by atoms with Gasteiger partial charge in [0.1, 0.15) is 11.9 Å². The van der Waals surface area contributed by atoms with Crippen molar-refractivity contribution in [2.75, 3.05) is 14.1 Å². The molecule has 0 spiro atoms. The van der Waals surface area contributed by atoms with Crippen LogP contribution in [0.2, 0.25) is 0 Å². The monoisotopic (exact) mass is 633 g/mol. The van der Waals surface area contributed by atoms with Crippen molar-refractivity contribution in [2.24, 2.45) is 7.05 Å². The zero-order valence-corrected chi connectivity index (χ0v) is 25.5. The Morgan fingerprint density at radius 2 is 1.63 bits per heavy atom. The number of fused-ring (bicyclic) bond motifs is 2. The molecule has 0 saturated carbocycles. The Morgan fingerprint density at radius 1 is 0.957 bits per heavy atom. The molecule has 0 aliphatic heterocycles. The van der Waals surface area contributed by atoms with Crippen LogP contribution < -0.4 is 10.9 Å². The summed E-state index contributed by atoms with van der Waals surface area (Å²) in [4.78, 5) is 40.7. The lowest BCUT2D eigenvalue weighted by Gasteiger charge is -2.21. The van der Waals surface area contributed by atoms with Gasteiger partial charge in [0.2, 0.25) is 0 Å². The first-order valence-electron chi connectivity index (χ1n) is 14.4. The molecule has 5 rings (SSSR count). The minimum atomic E-state index is -4.89. The molecule has 1 aromatic heterocycles. The molecule has 0 fully saturated rings. The highest BCUT2D eigenvalue weighted by molar-refractivity contribution is 6.02. The number of carboxylic acid groups (broad SMARTS) is 1. The van der Waals surface area contributed by atoms with Crippen LogP contribution in [0.4, 0.5) is 17.6 Å². The van der Waals surface area contributed by atoms with Gasteiger partial charge >= 0.3 is 12.1 Å². The van der Waals surface area contributed by atoms with Crippen molar-refractivity contribution < 1.29 is 32.3 Å². The molecule has 5 aromatic rings. The number of rotatable bonds is 8. The molecule has 11 heteroatoms. The summed E-state index contributed by atoms with van der Waals surface area (Å²) >= 11 is 0. The third-order valence-electron chi connectivity index (χ3n) is 8.00. The Hall–Kier alpha value is -5.03. The van der Waals surface area contributed by atoms with Crippen LogP contribution in [0.25, 0.3) is 32.8 Å². The van der Waals surface area contributed by atoms with Crippen molar-refractivity contribution in [3.05, 3.63) is 117 Å². The number of alkyl halides is 3. The second kappa shape index (κ2) is 12.4. The van der Waals surface area contributed by atoms with Crippen LogP contribution in [-0.2, 0) is 31.0 Å². The summed E-state index contributed by atoms with van der Waals surface area (Å²) in [6.07, 6.45) is -5.15. The fraction of sp³-hybridized carbons (Fsp3) is 0.229. The summed E-state index contributed by atoms with van der Waals surface area (Å²) in [6.45, 7) is 1.91. The highest BCUT2D eigenvalue weighted by Gasteiger charge is 2.38. The van der Waals surface area contributed by atoms with Gasteiger partial charge in [-0.2, -0.15) is 13.2 Å². The van der Waals surface area contributed by atoms with Crippen molar-refractivity contribution in [3.8, 4) is 11.1 Å². The maximum Gasteiger partial charge on any atom is 0.417 e. The fourth-order valence-corrected chi connectivity index (χ4v) is 5.94. The van der Waals surface area contributed by atoms with E-state index < -0.39 is 46.6 Å². The lowest BCUT2D eigenvalue weighted by atomic mass is 9.90.